The van der Waals surface area contributed by atoms with Crippen LogP contribution in [0.3, 0.4) is 0 Å². The number of nitrogens with zero attached hydrogens (tertiary/aromatic N) is 4. The normalized spacial score (nSPS) is 19.4. The monoisotopic (exact) mass is 424 g/mol. The third-order valence-corrected chi connectivity index (χ3v) is 6.29. The molecular formula is C21H21ClN6O2. The van der Waals surface area contributed by atoms with E-state index in [-0.39, 0.29) is 17.8 Å². The van der Waals surface area contributed by atoms with Gasteiger partial charge >= 0.3 is 5.97 Å². The number of aromatic amines is 1. The lowest BCUT2D eigenvalue weighted by atomic mass is 9.81. The molecule has 0 saturated heterocycles. The molecule has 0 amide bonds. The number of carbonyl (C=O) groups is 1. The Morgan fingerprint density at radius 1 is 1.30 bits per heavy atom. The van der Waals surface area contributed by atoms with Crippen LogP contribution >= 0.6 is 11.6 Å². The minimum atomic E-state index is -0.136. The highest BCUT2D eigenvalue weighted by atomic mass is 35.5. The van der Waals surface area contributed by atoms with Crippen molar-refractivity contribution in [2.24, 2.45) is 5.92 Å². The maximum absolute atomic E-state index is 11.9. The minimum Gasteiger partial charge on any atom is -0.469 e. The molecule has 3 N–H and O–H groups in total. The number of para-hydroxylation sites is 1. The van der Waals surface area contributed by atoms with Gasteiger partial charge in [-0.3, -0.25) is 4.79 Å². The van der Waals surface area contributed by atoms with E-state index in [0.717, 1.165) is 48.1 Å². The lowest BCUT2D eigenvalue weighted by molar-refractivity contribution is -0.146. The van der Waals surface area contributed by atoms with E-state index >= 15 is 0 Å². The van der Waals surface area contributed by atoms with Gasteiger partial charge in [0.2, 0.25) is 0 Å². The van der Waals surface area contributed by atoms with Gasteiger partial charge in [-0.2, -0.15) is 5.10 Å². The number of H-pyrrole nitrogens is 1. The zero-order valence-corrected chi connectivity index (χ0v) is 17.2. The molecule has 1 aromatic carbocycles. The second-order valence-electron chi connectivity index (χ2n) is 7.68. The molecule has 0 aliphatic heterocycles. The Hall–Kier alpha value is -3.13. The molecular weight excluding hydrogens is 404 g/mol. The van der Waals surface area contributed by atoms with E-state index in [1.165, 1.54) is 13.4 Å². The van der Waals surface area contributed by atoms with Crippen LogP contribution in [0.25, 0.3) is 27.8 Å². The molecule has 154 valence electrons. The molecule has 0 bridgehead atoms. The number of methoxy groups -OCH3 is 1. The number of halogens is 1. The summed E-state index contributed by atoms with van der Waals surface area (Å²) in [5, 5.41) is 6.08. The number of carbonyl (C=O) groups excluding carboxylic acids is 1. The van der Waals surface area contributed by atoms with Crippen LogP contribution in [0.1, 0.15) is 37.4 Å². The van der Waals surface area contributed by atoms with Gasteiger partial charge in [0.15, 0.2) is 5.82 Å². The van der Waals surface area contributed by atoms with E-state index in [9.17, 15) is 4.79 Å². The van der Waals surface area contributed by atoms with Crippen molar-refractivity contribution in [3.05, 3.63) is 41.4 Å². The molecule has 0 atom stereocenters. The Labute approximate surface area is 177 Å². The van der Waals surface area contributed by atoms with E-state index in [4.69, 9.17) is 27.1 Å². The van der Waals surface area contributed by atoms with Crippen LogP contribution in [-0.4, -0.2) is 37.6 Å². The second-order valence-corrected chi connectivity index (χ2v) is 8.09. The molecule has 4 aromatic rings. The molecule has 0 spiro atoms. The van der Waals surface area contributed by atoms with Crippen molar-refractivity contribution in [1.82, 2.24) is 24.6 Å². The summed E-state index contributed by atoms with van der Waals surface area (Å²) in [6, 6.07) is 7.76. The molecule has 0 unspecified atom stereocenters. The average molecular weight is 425 g/mol. The number of imidazole rings is 1. The summed E-state index contributed by atoms with van der Waals surface area (Å²) >= 11 is 6.34. The van der Waals surface area contributed by atoms with Gasteiger partial charge in [0, 0.05) is 11.3 Å². The van der Waals surface area contributed by atoms with E-state index in [1.54, 1.807) is 4.52 Å². The molecule has 1 fully saturated rings. The maximum atomic E-state index is 11.9. The number of aromatic nitrogens is 5. The van der Waals surface area contributed by atoms with Crippen LogP contribution in [0.5, 0.6) is 0 Å². The number of ether oxygens (including phenoxy) is 1. The van der Waals surface area contributed by atoms with Crippen LogP contribution in [0.4, 0.5) is 5.82 Å². The Kier molecular flexibility index (Phi) is 4.58. The summed E-state index contributed by atoms with van der Waals surface area (Å²) in [4.78, 5) is 24.4. The topological polar surface area (TPSA) is 111 Å². The summed E-state index contributed by atoms with van der Waals surface area (Å²) in [6.45, 7) is 0. The first-order chi connectivity index (χ1) is 14.6. The van der Waals surface area contributed by atoms with Gasteiger partial charge in [0.1, 0.15) is 23.4 Å². The number of nitrogens with one attached hydrogen (secondary N) is 1. The first kappa shape index (κ1) is 18.9. The first-order valence-corrected chi connectivity index (χ1v) is 10.3. The largest absolute Gasteiger partial charge is 0.469 e. The number of hydrogen-bond acceptors (Lipinski definition) is 6. The molecule has 0 radical (unpaired) electrons. The van der Waals surface area contributed by atoms with E-state index in [2.05, 4.69) is 15.1 Å². The van der Waals surface area contributed by atoms with Gasteiger partial charge < -0.3 is 15.5 Å². The minimum absolute atomic E-state index is 0.0486. The number of nitrogens with two attached hydrogens (primary N) is 1. The summed E-state index contributed by atoms with van der Waals surface area (Å²) in [5.74, 6) is 1.19. The number of fused-ring (bicyclic) bond motifs is 2. The van der Waals surface area contributed by atoms with E-state index in [0.29, 0.717) is 22.1 Å². The van der Waals surface area contributed by atoms with Crippen LogP contribution in [-0.2, 0) is 9.53 Å². The van der Waals surface area contributed by atoms with E-state index in [1.807, 2.05) is 24.3 Å². The molecule has 5 rings (SSSR count). The summed E-state index contributed by atoms with van der Waals surface area (Å²) in [7, 11) is 1.44. The smallest absolute Gasteiger partial charge is 0.308 e. The van der Waals surface area contributed by atoms with Crippen LogP contribution < -0.4 is 5.73 Å². The Morgan fingerprint density at radius 2 is 2.10 bits per heavy atom. The fraction of sp³-hybridized carbons (Fsp3) is 0.333. The lowest BCUT2D eigenvalue weighted by Crippen LogP contribution is -2.23. The van der Waals surface area contributed by atoms with E-state index < -0.39 is 0 Å². The Bertz CT molecular complexity index is 1260. The van der Waals surface area contributed by atoms with Crippen LogP contribution in [0.2, 0.25) is 5.02 Å². The van der Waals surface area contributed by atoms with Crippen molar-refractivity contribution in [2.75, 3.05) is 12.8 Å². The number of hydrogen-bond donors (Lipinski definition) is 2. The molecule has 1 saturated carbocycles. The van der Waals surface area contributed by atoms with Crippen molar-refractivity contribution in [3.63, 3.8) is 0 Å². The first-order valence-electron chi connectivity index (χ1n) is 9.91. The van der Waals surface area contributed by atoms with Crippen molar-refractivity contribution in [1.29, 1.82) is 0 Å². The lowest BCUT2D eigenvalue weighted by Gasteiger charge is -2.25. The van der Waals surface area contributed by atoms with Gasteiger partial charge in [0.05, 0.1) is 29.3 Å². The molecule has 3 aromatic heterocycles. The summed E-state index contributed by atoms with van der Waals surface area (Å²) < 4.78 is 6.69. The molecule has 1 aliphatic carbocycles. The van der Waals surface area contributed by atoms with Gasteiger partial charge in [-0.1, -0.05) is 23.7 Å². The standard InChI is InChI=1S/C21H21ClN6O2/c1-30-21(29)12-7-5-11(6-8-12)20-27-17(18-19(23)24-10-25-28(18)20)15-9-13-3-2-4-14(22)16(13)26-15/h2-4,9-12,26H,5-8H2,1H3,(H2,23,24,25). The van der Waals surface area contributed by atoms with Gasteiger partial charge in [-0.25, -0.2) is 14.5 Å². The molecule has 8 nitrogen and oxygen atoms in total. The third kappa shape index (κ3) is 2.99. The number of nitrogen functional groups attached to an aromatic ring is 1. The Balaban J connectivity index is 1.59. The van der Waals surface area contributed by atoms with Gasteiger partial charge in [-0.15, -0.1) is 0 Å². The molecule has 30 heavy (non-hydrogen) atoms. The Morgan fingerprint density at radius 3 is 2.83 bits per heavy atom. The van der Waals surface area contributed by atoms with Crippen molar-refractivity contribution >= 4 is 39.8 Å². The third-order valence-electron chi connectivity index (χ3n) is 5.97. The fourth-order valence-corrected chi connectivity index (χ4v) is 4.66. The molecule has 1 aliphatic rings. The van der Waals surface area contributed by atoms with Crippen LogP contribution in [0, 0.1) is 5.92 Å². The second kappa shape index (κ2) is 7.28. The zero-order chi connectivity index (χ0) is 20.8. The number of benzene rings is 1. The molecule has 3 heterocycles. The predicted octanol–water partition coefficient (Wildman–Crippen LogP) is 3.96. The SMILES string of the molecule is COC(=O)C1CCC(c2nc(-c3cc4cccc(Cl)c4[nH]3)c3c(N)ncnn23)CC1. The van der Waals surface area contributed by atoms with Crippen molar-refractivity contribution in [3.8, 4) is 11.4 Å². The highest BCUT2D eigenvalue weighted by Gasteiger charge is 2.31. The zero-order valence-electron chi connectivity index (χ0n) is 16.4. The number of esters is 1. The number of anilines is 1. The number of rotatable bonds is 3. The van der Waals surface area contributed by atoms with Crippen molar-refractivity contribution in [2.45, 2.75) is 31.6 Å². The van der Waals surface area contributed by atoms with Crippen LogP contribution in [0.15, 0.2) is 30.6 Å². The van der Waals surface area contributed by atoms with Gasteiger partial charge in [0.25, 0.3) is 0 Å². The quantitative estimate of drug-likeness (QED) is 0.481. The summed E-state index contributed by atoms with van der Waals surface area (Å²) in [5.41, 5.74) is 9.26. The highest BCUT2D eigenvalue weighted by Crippen LogP contribution is 2.39. The van der Waals surface area contributed by atoms with Crippen molar-refractivity contribution < 1.29 is 9.53 Å². The summed E-state index contributed by atoms with van der Waals surface area (Å²) in [6.07, 6.45) is 4.65. The fourth-order valence-electron chi connectivity index (χ4n) is 4.43. The van der Waals surface area contributed by atoms with Gasteiger partial charge in [-0.05, 0) is 37.8 Å². The highest BCUT2D eigenvalue weighted by molar-refractivity contribution is 6.35. The average Bonchev–Trinajstić information content (AvgIpc) is 3.37. The maximum Gasteiger partial charge on any atom is 0.308 e. The molecule has 9 heteroatoms. The predicted molar refractivity (Wildman–Crippen MR) is 114 cm³/mol.